The molecule has 88 valence electrons. The third-order valence-corrected chi connectivity index (χ3v) is 2.17. The van der Waals surface area contributed by atoms with Crippen molar-refractivity contribution in [3.63, 3.8) is 0 Å². The second kappa shape index (κ2) is 5.16. The van der Waals surface area contributed by atoms with Crippen LogP contribution in [-0.4, -0.2) is 22.2 Å². The SMILES string of the molecule is CCOc1ccccc1NC(=O)n1ccnc1. The van der Waals surface area contributed by atoms with Crippen LogP contribution < -0.4 is 10.1 Å². The van der Waals surface area contributed by atoms with Gasteiger partial charge >= 0.3 is 6.03 Å². The molecule has 0 saturated carbocycles. The molecule has 1 aromatic heterocycles. The van der Waals surface area contributed by atoms with Gasteiger partial charge in [-0.3, -0.25) is 4.57 Å². The van der Waals surface area contributed by atoms with Crippen LogP contribution in [0, 0.1) is 0 Å². The summed E-state index contributed by atoms with van der Waals surface area (Å²) >= 11 is 0. The lowest BCUT2D eigenvalue weighted by Crippen LogP contribution is -2.18. The first-order valence-corrected chi connectivity index (χ1v) is 5.32. The van der Waals surface area contributed by atoms with Crippen molar-refractivity contribution in [3.05, 3.63) is 43.0 Å². The number of imidazole rings is 1. The molecule has 0 bridgehead atoms. The molecule has 5 heteroatoms. The lowest BCUT2D eigenvalue weighted by Gasteiger charge is -2.10. The summed E-state index contributed by atoms with van der Waals surface area (Å²) < 4.78 is 6.78. The van der Waals surface area contributed by atoms with E-state index in [1.54, 1.807) is 18.5 Å². The molecule has 0 aliphatic carbocycles. The summed E-state index contributed by atoms with van der Waals surface area (Å²) in [6.45, 7) is 2.45. The van der Waals surface area contributed by atoms with Crippen molar-refractivity contribution in [2.45, 2.75) is 6.92 Å². The maximum atomic E-state index is 11.8. The molecule has 1 N–H and O–H groups in total. The molecular formula is C12H13N3O2. The summed E-state index contributed by atoms with van der Waals surface area (Å²) in [6, 6.07) is 7.03. The molecule has 0 aliphatic rings. The maximum Gasteiger partial charge on any atom is 0.331 e. The summed E-state index contributed by atoms with van der Waals surface area (Å²) in [4.78, 5) is 15.6. The predicted octanol–water partition coefficient (Wildman–Crippen LogP) is 2.36. The van der Waals surface area contributed by atoms with E-state index in [-0.39, 0.29) is 6.03 Å². The summed E-state index contributed by atoms with van der Waals surface area (Å²) in [5.74, 6) is 0.656. The normalized spacial score (nSPS) is 9.94. The van der Waals surface area contributed by atoms with Crippen LogP contribution in [0.1, 0.15) is 6.92 Å². The van der Waals surface area contributed by atoms with Crippen LogP contribution in [0.25, 0.3) is 0 Å². The topological polar surface area (TPSA) is 56.1 Å². The third kappa shape index (κ3) is 2.63. The number of rotatable bonds is 3. The Bertz CT molecular complexity index is 494. The Kier molecular flexibility index (Phi) is 3.40. The van der Waals surface area contributed by atoms with E-state index in [2.05, 4.69) is 10.3 Å². The Morgan fingerprint density at radius 2 is 2.29 bits per heavy atom. The van der Waals surface area contributed by atoms with Crippen LogP contribution in [0.15, 0.2) is 43.0 Å². The minimum atomic E-state index is -0.269. The number of carbonyl (C=O) groups excluding carboxylic acids is 1. The van der Waals surface area contributed by atoms with E-state index in [1.165, 1.54) is 10.9 Å². The number of amides is 1. The number of anilines is 1. The summed E-state index contributed by atoms with van der Waals surface area (Å²) in [6.07, 6.45) is 4.57. The van der Waals surface area contributed by atoms with Gasteiger partial charge in [0.25, 0.3) is 0 Å². The summed E-state index contributed by atoms with van der Waals surface area (Å²) in [7, 11) is 0. The summed E-state index contributed by atoms with van der Waals surface area (Å²) in [5.41, 5.74) is 0.646. The van der Waals surface area contributed by atoms with Crippen molar-refractivity contribution in [1.82, 2.24) is 9.55 Å². The van der Waals surface area contributed by atoms with Crippen molar-refractivity contribution in [1.29, 1.82) is 0 Å². The largest absolute Gasteiger partial charge is 0.492 e. The minimum Gasteiger partial charge on any atom is -0.492 e. The van der Waals surface area contributed by atoms with Crippen molar-refractivity contribution in [3.8, 4) is 5.75 Å². The molecule has 1 heterocycles. The van der Waals surface area contributed by atoms with Crippen LogP contribution in [0.3, 0.4) is 0 Å². The molecule has 0 spiro atoms. The zero-order valence-electron chi connectivity index (χ0n) is 9.46. The molecule has 1 aromatic carbocycles. The molecule has 0 fully saturated rings. The molecule has 2 rings (SSSR count). The van der Waals surface area contributed by atoms with E-state index in [9.17, 15) is 4.79 Å². The van der Waals surface area contributed by atoms with Gasteiger partial charge in [0.05, 0.1) is 12.3 Å². The Hall–Kier alpha value is -2.30. The van der Waals surface area contributed by atoms with Crippen LogP contribution in [-0.2, 0) is 0 Å². The first-order chi connectivity index (χ1) is 8.31. The fourth-order valence-electron chi connectivity index (χ4n) is 1.41. The highest BCUT2D eigenvalue weighted by Crippen LogP contribution is 2.23. The van der Waals surface area contributed by atoms with Crippen LogP contribution in [0.4, 0.5) is 10.5 Å². The Balaban J connectivity index is 2.15. The van der Waals surface area contributed by atoms with Crippen LogP contribution in [0.5, 0.6) is 5.75 Å². The molecular weight excluding hydrogens is 218 g/mol. The second-order valence-electron chi connectivity index (χ2n) is 3.33. The molecule has 2 aromatic rings. The van der Waals surface area contributed by atoms with Crippen molar-refractivity contribution >= 4 is 11.7 Å². The van der Waals surface area contributed by atoms with Crippen LogP contribution in [0.2, 0.25) is 0 Å². The molecule has 0 saturated heterocycles. The fourth-order valence-corrected chi connectivity index (χ4v) is 1.41. The average Bonchev–Trinajstić information content (AvgIpc) is 2.85. The number of para-hydroxylation sites is 2. The number of nitrogens with one attached hydrogen (secondary N) is 1. The van der Waals surface area contributed by atoms with E-state index in [1.807, 2.05) is 25.1 Å². The smallest absolute Gasteiger partial charge is 0.331 e. The highest BCUT2D eigenvalue weighted by Gasteiger charge is 2.07. The highest BCUT2D eigenvalue weighted by molar-refractivity contribution is 5.92. The van der Waals surface area contributed by atoms with E-state index >= 15 is 0 Å². The number of ether oxygens (including phenoxy) is 1. The molecule has 0 radical (unpaired) electrons. The molecule has 5 nitrogen and oxygen atoms in total. The van der Waals surface area contributed by atoms with Crippen LogP contribution >= 0.6 is 0 Å². The maximum absolute atomic E-state index is 11.8. The number of aromatic nitrogens is 2. The quantitative estimate of drug-likeness (QED) is 0.882. The van der Waals surface area contributed by atoms with Gasteiger partial charge in [0.1, 0.15) is 12.1 Å². The number of nitrogens with zero attached hydrogens (tertiary/aromatic N) is 2. The summed E-state index contributed by atoms with van der Waals surface area (Å²) in [5, 5.41) is 2.76. The van der Waals surface area contributed by atoms with Gasteiger partial charge in [-0.05, 0) is 19.1 Å². The fraction of sp³-hybridized carbons (Fsp3) is 0.167. The van der Waals surface area contributed by atoms with Crippen molar-refractivity contribution < 1.29 is 9.53 Å². The Labute approximate surface area is 99.0 Å². The third-order valence-electron chi connectivity index (χ3n) is 2.17. The minimum absolute atomic E-state index is 0.269. The first-order valence-electron chi connectivity index (χ1n) is 5.32. The van der Waals surface area contributed by atoms with E-state index in [4.69, 9.17) is 4.74 Å². The van der Waals surface area contributed by atoms with E-state index in [0.29, 0.717) is 18.0 Å². The van der Waals surface area contributed by atoms with Gasteiger partial charge in [0.15, 0.2) is 0 Å². The van der Waals surface area contributed by atoms with Gasteiger partial charge in [-0.25, -0.2) is 9.78 Å². The molecule has 17 heavy (non-hydrogen) atoms. The first kappa shape index (κ1) is 11.2. The van der Waals surface area contributed by atoms with E-state index < -0.39 is 0 Å². The predicted molar refractivity (Wildman–Crippen MR) is 64.3 cm³/mol. The zero-order valence-corrected chi connectivity index (χ0v) is 9.46. The van der Waals surface area contributed by atoms with Gasteiger partial charge < -0.3 is 10.1 Å². The lowest BCUT2D eigenvalue weighted by molar-refractivity contribution is 0.253. The van der Waals surface area contributed by atoms with Gasteiger partial charge in [-0.2, -0.15) is 0 Å². The zero-order chi connectivity index (χ0) is 12.1. The number of benzene rings is 1. The monoisotopic (exact) mass is 231 g/mol. The van der Waals surface area contributed by atoms with Gasteiger partial charge in [-0.15, -0.1) is 0 Å². The standard InChI is InChI=1S/C12H13N3O2/c1-2-17-11-6-4-3-5-10(11)14-12(16)15-8-7-13-9-15/h3-9H,2H2,1H3,(H,14,16). The van der Waals surface area contributed by atoms with Crippen molar-refractivity contribution in [2.75, 3.05) is 11.9 Å². The molecule has 0 aliphatic heterocycles. The second-order valence-corrected chi connectivity index (χ2v) is 3.33. The Morgan fingerprint density at radius 3 is 3.00 bits per heavy atom. The number of carbonyl (C=O) groups is 1. The van der Waals surface area contributed by atoms with E-state index in [0.717, 1.165) is 0 Å². The van der Waals surface area contributed by atoms with Gasteiger partial charge in [0.2, 0.25) is 0 Å². The highest BCUT2D eigenvalue weighted by atomic mass is 16.5. The molecule has 1 amide bonds. The lowest BCUT2D eigenvalue weighted by atomic mass is 10.3. The number of hydrogen-bond acceptors (Lipinski definition) is 3. The van der Waals surface area contributed by atoms with Gasteiger partial charge in [0, 0.05) is 12.4 Å². The average molecular weight is 231 g/mol. The molecule has 0 atom stereocenters. The molecule has 0 unspecified atom stereocenters. The number of hydrogen-bond donors (Lipinski definition) is 1. The van der Waals surface area contributed by atoms with Gasteiger partial charge in [-0.1, -0.05) is 12.1 Å². The Morgan fingerprint density at radius 1 is 1.47 bits per heavy atom. The van der Waals surface area contributed by atoms with Crippen molar-refractivity contribution in [2.24, 2.45) is 0 Å².